The number of carbonyl (C=O) groups excluding carboxylic acids is 3. The van der Waals surface area contributed by atoms with Crippen LogP contribution in [0.15, 0.2) is 5.16 Å². The van der Waals surface area contributed by atoms with Crippen LogP contribution < -0.4 is 0 Å². The van der Waals surface area contributed by atoms with E-state index in [9.17, 15) is 14.4 Å². The summed E-state index contributed by atoms with van der Waals surface area (Å²) in [4.78, 5) is 36.5. The van der Waals surface area contributed by atoms with E-state index in [1.807, 2.05) is 0 Å². The zero-order valence-electron chi connectivity index (χ0n) is 11.8. The molecule has 0 bridgehead atoms. The average Bonchev–Trinajstić information content (AvgIpc) is 2.95. The van der Waals surface area contributed by atoms with Gasteiger partial charge in [-0.05, 0) is 24.3 Å². The predicted octanol–water partition coefficient (Wildman–Crippen LogP) is -0.526. The highest BCUT2D eigenvalue weighted by atomic mass is 32.2. The molecule has 0 radical (unpaired) electrons. The molecule has 0 aliphatic carbocycles. The Morgan fingerprint density at radius 3 is 2.76 bits per heavy atom. The van der Waals surface area contributed by atoms with Crippen molar-refractivity contribution in [2.75, 3.05) is 7.11 Å². The van der Waals surface area contributed by atoms with E-state index >= 15 is 0 Å². The van der Waals surface area contributed by atoms with Gasteiger partial charge in [-0.15, -0.1) is 5.10 Å². The van der Waals surface area contributed by atoms with Crippen LogP contribution in [0.3, 0.4) is 0 Å². The van der Waals surface area contributed by atoms with Crippen molar-refractivity contribution in [3.05, 3.63) is 0 Å². The molecule has 9 nitrogen and oxygen atoms in total. The highest BCUT2D eigenvalue weighted by molar-refractivity contribution is 8.00. The van der Waals surface area contributed by atoms with Gasteiger partial charge in [0.15, 0.2) is 0 Å². The summed E-state index contributed by atoms with van der Waals surface area (Å²) in [5.41, 5.74) is 0. The lowest BCUT2D eigenvalue weighted by molar-refractivity contribution is -0.142. The largest absolute Gasteiger partial charge is 0.468 e. The van der Waals surface area contributed by atoms with Crippen LogP contribution in [0.4, 0.5) is 0 Å². The van der Waals surface area contributed by atoms with Crippen LogP contribution in [-0.4, -0.2) is 61.3 Å². The minimum absolute atomic E-state index is 0.104. The summed E-state index contributed by atoms with van der Waals surface area (Å²) in [6.07, 6.45) is 0.104. The van der Waals surface area contributed by atoms with E-state index in [1.54, 1.807) is 13.8 Å². The summed E-state index contributed by atoms with van der Waals surface area (Å²) < 4.78 is 5.78. The van der Waals surface area contributed by atoms with Crippen LogP contribution in [0.5, 0.6) is 0 Å². The topological polar surface area (TPSA) is 107 Å². The van der Waals surface area contributed by atoms with Crippen molar-refractivity contribution in [2.24, 2.45) is 0 Å². The molecule has 0 aromatic carbocycles. The minimum Gasteiger partial charge on any atom is -0.468 e. The summed E-state index contributed by atoms with van der Waals surface area (Å²) >= 11 is 1.08. The lowest BCUT2D eigenvalue weighted by Crippen LogP contribution is -2.37. The second-order valence-corrected chi connectivity index (χ2v) is 5.87. The summed E-state index contributed by atoms with van der Waals surface area (Å²) in [7, 11) is 1.26. The Hall–Kier alpha value is -1.97. The fraction of sp³-hybridized carbons (Fsp3) is 0.636. The van der Waals surface area contributed by atoms with Gasteiger partial charge in [0.25, 0.3) is 0 Å². The molecule has 1 aromatic heterocycles. The fourth-order valence-electron chi connectivity index (χ4n) is 1.95. The first kappa shape index (κ1) is 15.4. The summed E-state index contributed by atoms with van der Waals surface area (Å²) in [5.74, 6) is -0.964. The van der Waals surface area contributed by atoms with Crippen molar-refractivity contribution in [1.29, 1.82) is 0 Å². The summed E-state index contributed by atoms with van der Waals surface area (Å²) in [6.45, 7) is 3.42. The van der Waals surface area contributed by atoms with Gasteiger partial charge in [0.05, 0.1) is 7.11 Å². The molecule has 1 atom stereocenters. The fourth-order valence-corrected chi connectivity index (χ4v) is 2.95. The quantitative estimate of drug-likeness (QED) is 0.527. The van der Waals surface area contributed by atoms with Gasteiger partial charge in [-0.1, -0.05) is 11.8 Å². The molecule has 1 unspecified atom stereocenters. The number of thioether (sulfide) groups is 1. The van der Waals surface area contributed by atoms with Crippen molar-refractivity contribution in [1.82, 2.24) is 25.1 Å². The SMILES string of the molecule is COC(=O)Cn1nnnc1SC1CC(=O)N(C(C)C)C1=O. The smallest absolute Gasteiger partial charge is 0.327 e. The summed E-state index contributed by atoms with van der Waals surface area (Å²) in [5, 5.41) is 10.6. The zero-order valence-corrected chi connectivity index (χ0v) is 12.7. The first-order valence-electron chi connectivity index (χ1n) is 6.29. The Kier molecular flexibility index (Phi) is 4.56. The number of hydrogen-bond acceptors (Lipinski definition) is 8. The Balaban J connectivity index is 2.10. The molecule has 0 N–H and O–H groups in total. The number of tetrazole rings is 1. The van der Waals surface area contributed by atoms with E-state index in [0.29, 0.717) is 5.16 Å². The van der Waals surface area contributed by atoms with E-state index in [4.69, 9.17) is 0 Å². The Morgan fingerprint density at radius 1 is 1.48 bits per heavy atom. The standard InChI is InChI=1S/C11H15N5O4S/c1-6(2)16-8(17)4-7(10(16)19)21-11-12-13-14-15(11)5-9(18)20-3/h6-7H,4-5H2,1-3H3. The lowest BCUT2D eigenvalue weighted by atomic mass is 10.3. The molecular formula is C11H15N5O4S. The van der Waals surface area contributed by atoms with Crippen LogP contribution in [0.25, 0.3) is 0 Å². The van der Waals surface area contributed by atoms with E-state index in [0.717, 1.165) is 11.8 Å². The maximum Gasteiger partial charge on any atom is 0.327 e. The third-order valence-electron chi connectivity index (χ3n) is 2.91. The number of amides is 2. The number of methoxy groups -OCH3 is 1. The van der Waals surface area contributed by atoms with Gasteiger partial charge in [-0.2, -0.15) is 0 Å². The van der Waals surface area contributed by atoms with Crippen molar-refractivity contribution >= 4 is 29.5 Å². The molecular weight excluding hydrogens is 298 g/mol. The number of hydrogen-bond donors (Lipinski definition) is 0. The third kappa shape index (κ3) is 3.20. The molecule has 1 fully saturated rings. The molecule has 1 aliphatic heterocycles. The number of likely N-dealkylation sites (tertiary alicyclic amines) is 1. The normalized spacial score (nSPS) is 18.7. The number of esters is 1. The van der Waals surface area contributed by atoms with E-state index < -0.39 is 11.2 Å². The van der Waals surface area contributed by atoms with E-state index in [1.165, 1.54) is 16.7 Å². The van der Waals surface area contributed by atoms with Gasteiger partial charge in [-0.3, -0.25) is 19.3 Å². The van der Waals surface area contributed by atoms with Crippen molar-refractivity contribution in [3.8, 4) is 0 Å². The second-order valence-electron chi connectivity index (χ2n) is 4.70. The zero-order chi connectivity index (χ0) is 15.6. The third-order valence-corrected chi connectivity index (χ3v) is 4.07. The second kappa shape index (κ2) is 6.20. The van der Waals surface area contributed by atoms with Gasteiger partial charge >= 0.3 is 5.97 Å². The molecule has 21 heavy (non-hydrogen) atoms. The van der Waals surface area contributed by atoms with Gasteiger partial charge in [0, 0.05) is 12.5 Å². The molecule has 2 rings (SSSR count). The predicted molar refractivity (Wildman–Crippen MR) is 71.1 cm³/mol. The molecule has 1 saturated heterocycles. The average molecular weight is 313 g/mol. The molecule has 0 saturated carbocycles. The molecule has 1 aliphatic rings. The Labute approximate surface area is 125 Å². The first-order chi connectivity index (χ1) is 9.93. The Morgan fingerprint density at radius 2 is 2.19 bits per heavy atom. The van der Waals surface area contributed by atoms with Crippen LogP contribution in [0.2, 0.25) is 0 Å². The number of carbonyl (C=O) groups is 3. The van der Waals surface area contributed by atoms with Crippen LogP contribution in [0.1, 0.15) is 20.3 Å². The Bertz CT molecular complexity index is 573. The molecule has 2 amide bonds. The monoisotopic (exact) mass is 313 g/mol. The van der Waals surface area contributed by atoms with Crippen LogP contribution in [-0.2, 0) is 25.7 Å². The van der Waals surface area contributed by atoms with Crippen molar-refractivity contribution < 1.29 is 19.1 Å². The molecule has 2 heterocycles. The van der Waals surface area contributed by atoms with E-state index in [-0.39, 0.29) is 30.8 Å². The van der Waals surface area contributed by atoms with Gasteiger partial charge in [0.2, 0.25) is 17.0 Å². The minimum atomic E-state index is -0.567. The highest BCUT2D eigenvalue weighted by Crippen LogP contribution is 2.30. The lowest BCUT2D eigenvalue weighted by Gasteiger charge is -2.18. The van der Waals surface area contributed by atoms with Crippen LogP contribution in [0, 0.1) is 0 Å². The molecule has 114 valence electrons. The van der Waals surface area contributed by atoms with Gasteiger partial charge in [0.1, 0.15) is 11.8 Å². The number of aromatic nitrogens is 4. The molecule has 1 aromatic rings. The van der Waals surface area contributed by atoms with E-state index in [2.05, 4.69) is 20.3 Å². The maximum atomic E-state index is 12.2. The van der Waals surface area contributed by atoms with Crippen molar-refractivity contribution in [3.63, 3.8) is 0 Å². The number of nitrogens with zero attached hydrogens (tertiary/aromatic N) is 5. The number of imide groups is 1. The van der Waals surface area contributed by atoms with Crippen molar-refractivity contribution in [2.45, 2.75) is 43.3 Å². The summed E-state index contributed by atoms with van der Waals surface area (Å²) in [6, 6.07) is -0.179. The maximum absolute atomic E-state index is 12.2. The number of ether oxygens (including phenoxy) is 1. The van der Waals surface area contributed by atoms with Gasteiger partial charge in [-0.25, -0.2) is 4.68 Å². The van der Waals surface area contributed by atoms with Gasteiger partial charge < -0.3 is 4.74 Å². The first-order valence-corrected chi connectivity index (χ1v) is 7.17. The highest BCUT2D eigenvalue weighted by Gasteiger charge is 2.41. The number of rotatable bonds is 5. The molecule has 0 spiro atoms. The van der Waals surface area contributed by atoms with Crippen LogP contribution >= 0.6 is 11.8 Å². The molecule has 10 heteroatoms.